The third-order valence-electron chi connectivity index (χ3n) is 4.12. The van der Waals surface area contributed by atoms with Crippen molar-refractivity contribution in [2.75, 3.05) is 0 Å². The maximum absolute atomic E-state index is 11.4. The van der Waals surface area contributed by atoms with Gasteiger partial charge in [-0.2, -0.15) is 0 Å². The smallest absolute Gasteiger partial charge is 0.338 e. The fourth-order valence-electron chi connectivity index (χ4n) is 2.95. The molecule has 2 aromatic heterocycles. The Balaban J connectivity index is 2.07. The lowest BCUT2D eigenvalue weighted by Crippen LogP contribution is -2.13. The number of carboxylic acids is 1. The molecule has 0 aliphatic rings. The number of nitrogens with one attached hydrogen (secondary N) is 1. The van der Waals surface area contributed by atoms with Gasteiger partial charge < -0.3 is 15.2 Å². The average Bonchev–Trinajstić information content (AvgIpc) is 3.10. The van der Waals surface area contributed by atoms with Crippen molar-refractivity contribution in [3.05, 3.63) is 59.8 Å². The maximum atomic E-state index is 11.4. The molecule has 0 aliphatic heterocycles. The number of carboxylic acid groups (broad SMARTS) is 1. The fraction of sp³-hybridized carbons (Fsp3) is 0.111. The maximum Gasteiger partial charge on any atom is 0.338 e. The number of aryl methyl sites for hydroxylation is 1. The van der Waals surface area contributed by atoms with E-state index < -0.39 is 12.1 Å². The van der Waals surface area contributed by atoms with Gasteiger partial charge in [-0.1, -0.05) is 42.0 Å². The Morgan fingerprint density at radius 3 is 2.58 bits per heavy atom. The summed E-state index contributed by atoms with van der Waals surface area (Å²) in [6, 6.07) is 15.1. The van der Waals surface area contributed by atoms with E-state index in [0.717, 1.165) is 22.2 Å². The number of benzene rings is 2. The molecule has 0 saturated heterocycles. The molecule has 1 atom stereocenters. The lowest BCUT2D eigenvalue weighted by Gasteiger charge is -2.09. The van der Waals surface area contributed by atoms with Gasteiger partial charge in [-0.25, -0.2) is 9.78 Å². The van der Waals surface area contributed by atoms with Crippen molar-refractivity contribution < 1.29 is 15.0 Å². The standard InChI is InChI=1S/C18H15N3O3/c1-10-6-8-11(9-7-10)14-15(16(22)17(23)24)21-13-5-3-2-4-12(13)19-18(21)20-14/h2-9,16,22H,1H3,(H,19,20)(H,23,24). The molecule has 0 saturated carbocycles. The summed E-state index contributed by atoms with van der Waals surface area (Å²) in [6.45, 7) is 1.97. The van der Waals surface area contributed by atoms with Crippen molar-refractivity contribution in [2.45, 2.75) is 13.0 Å². The predicted octanol–water partition coefficient (Wildman–Crippen LogP) is 2.91. The number of para-hydroxylation sites is 2. The Hall–Kier alpha value is -3.12. The van der Waals surface area contributed by atoms with Crippen molar-refractivity contribution in [1.82, 2.24) is 14.4 Å². The number of nitrogens with zero attached hydrogens (tertiary/aromatic N) is 2. The molecule has 24 heavy (non-hydrogen) atoms. The molecule has 0 amide bonds. The molecule has 4 rings (SSSR count). The molecule has 0 radical (unpaired) electrons. The average molecular weight is 321 g/mol. The van der Waals surface area contributed by atoms with Crippen LogP contribution in [0, 0.1) is 6.92 Å². The molecule has 2 heterocycles. The minimum atomic E-state index is -1.67. The van der Waals surface area contributed by atoms with Gasteiger partial charge in [0.1, 0.15) is 0 Å². The van der Waals surface area contributed by atoms with Crippen LogP contribution >= 0.6 is 0 Å². The molecule has 6 heteroatoms. The van der Waals surface area contributed by atoms with E-state index in [-0.39, 0.29) is 5.69 Å². The van der Waals surface area contributed by atoms with Crippen LogP contribution in [0.1, 0.15) is 17.4 Å². The lowest BCUT2D eigenvalue weighted by molar-refractivity contribution is -0.147. The largest absolute Gasteiger partial charge is 0.479 e. The highest BCUT2D eigenvalue weighted by molar-refractivity contribution is 5.85. The number of hydrogen-bond acceptors (Lipinski definition) is 3. The summed E-state index contributed by atoms with van der Waals surface area (Å²) >= 11 is 0. The summed E-state index contributed by atoms with van der Waals surface area (Å²) in [6.07, 6.45) is -1.67. The predicted molar refractivity (Wildman–Crippen MR) is 89.8 cm³/mol. The molecule has 0 bridgehead atoms. The molecular weight excluding hydrogens is 306 g/mol. The lowest BCUT2D eigenvalue weighted by atomic mass is 10.1. The summed E-state index contributed by atoms with van der Waals surface area (Å²) in [4.78, 5) is 19.1. The van der Waals surface area contributed by atoms with Crippen LogP contribution in [-0.2, 0) is 4.79 Å². The number of aromatic nitrogens is 3. The molecule has 0 fully saturated rings. The van der Waals surface area contributed by atoms with E-state index in [0.29, 0.717) is 11.5 Å². The van der Waals surface area contributed by atoms with Crippen LogP contribution in [0.4, 0.5) is 0 Å². The van der Waals surface area contributed by atoms with Crippen molar-refractivity contribution in [2.24, 2.45) is 0 Å². The molecular formula is C18H15N3O3. The van der Waals surface area contributed by atoms with Crippen molar-refractivity contribution in [3.63, 3.8) is 0 Å². The quantitative estimate of drug-likeness (QED) is 0.541. The monoisotopic (exact) mass is 321 g/mol. The van der Waals surface area contributed by atoms with Gasteiger partial charge in [-0.15, -0.1) is 0 Å². The number of carbonyl (C=O) groups is 1. The summed E-state index contributed by atoms with van der Waals surface area (Å²) in [7, 11) is 0. The number of aromatic amines is 1. The minimum absolute atomic E-state index is 0.249. The van der Waals surface area contributed by atoms with Gasteiger partial charge in [-0.05, 0) is 19.1 Å². The van der Waals surface area contributed by atoms with Crippen molar-refractivity contribution >= 4 is 22.8 Å². The van der Waals surface area contributed by atoms with E-state index in [1.54, 1.807) is 4.40 Å². The second-order valence-electron chi connectivity index (χ2n) is 5.75. The second-order valence-corrected chi connectivity index (χ2v) is 5.75. The Bertz CT molecular complexity index is 1060. The third-order valence-corrected chi connectivity index (χ3v) is 4.12. The topological polar surface area (TPSA) is 90.6 Å². The fourth-order valence-corrected chi connectivity index (χ4v) is 2.95. The minimum Gasteiger partial charge on any atom is -0.479 e. The summed E-state index contributed by atoms with van der Waals surface area (Å²) in [5, 5.41) is 19.6. The summed E-state index contributed by atoms with van der Waals surface area (Å²) in [5.41, 5.74) is 4.16. The van der Waals surface area contributed by atoms with Gasteiger partial charge >= 0.3 is 5.97 Å². The first-order valence-electron chi connectivity index (χ1n) is 7.53. The first kappa shape index (κ1) is 14.5. The summed E-state index contributed by atoms with van der Waals surface area (Å²) < 4.78 is 1.67. The van der Waals surface area contributed by atoms with Crippen LogP contribution in [-0.4, -0.2) is 30.6 Å². The molecule has 0 aliphatic carbocycles. The Morgan fingerprint density at radius 1 is 1.17 bits per heavy atom. The molecule has 2 aromatic carbocycles. The van der Waals surface area contributed by atoms with Gasteiger partial charge in [0.25, 0.3) is 0 Å². The van der Waals surface area contributed by atoms with Crippen LogP contribution in [0.2, 0.25) is 0 Å². The van der Waals surface area contributed by atoms with E-state index in [4.69, 9.17) is 0 Å². The Labute approximate surface area is 137 Å². The van der Waals surface area contributed by atoms with E-state index in [1.165, 1.54) is 0 Å². The van der Waals surface area contributed by atoms with Gasteiger partial charge in [0, 0.05) is 5.56 Å². The van der Waals surface area contributed by atoms with Crippen LogP contribution in [0.3, 0.4) is 0 Å². The van der Waals surface area contributed by atoms with Crippen LogP contribution in [0.15, 0.2) is 48.5 Å². The Morgan fingerprint density at radius 2 is 1.88 bits per heavy atom. The van der Waals surface area contributed by atoms with Crippen molar-refractivity contribution in [3.8, 4) is 11.3 Å². The van der Waals surface area contributed by atoms with E-state index in [9.17, 15) is 15.0 Å². The molecule has 0 spiro atoms. The number of imidazole rings is 2. The zero-order valence-corrected chi connectivity index (χ0v) is 12.9. The number of aliphatic hydroxyl groups is 1. The normalized spacial score (nSPS) is 12.8. The zero-order chi connectivity index (χ0) is 16.8. The highest BCUT2D eigenvalue weighted by Crippen LogP contribution is 2.32. The van der Waals surface area contributed by atoms with E-state index in [2.05, 4.69) is 9.97 Å². The van der Waals surface area contributed by atoms with E-state index >= 15 is 0 Å². The van der Waals surface area contributed by atoms with Gasteiger partial charge in [-0.3, -0.25) is 4.40 Å². The van der Waals surface area contributed by atoms with Gasteiger partial charge in [0.05, 0.1) is 22.4 Å². The number of H-pyrrole nitrogens is 1. The highest BCUT2D eigenvalue weighted by Gasteiger charge is 2.28. The van der Waals surface area contributed by atoms with E-state index in [1.807, 2.05) is 55.5 Å². The zero-order valence-electron chi connectivity index (χ0n) is 12.9. The van der Waals surface area contributed by atoms with Crippen LogP contribution < -0.4 is 0 Å². The summed E-state index contributed by atoms with van der Waals surface area (Å²) in [5.74, 6) is -0.808. The Kier molecular flexibility index (Phi) is 3.14. The molecule has 6 nitrogen and oxygen atoms in total. The molecule has 1 unspecified atom stereocenters. The first-order valence-corrected chi connectivity index (χ1v) is 7.53. The van der Waals surface area contributed by atoms with Crippen LogP contribution in [0.5, 0.6) is 0 Å². The SMILES string of the molecule is Cc1ccc(-c2nc3[nH]c4ccccc4n3c2C(O)C(=O)O)cc1. The number of rotatable bonds is 3. The third kappa shape index (κ3) is 2.08. The molecule has 4 aromatic rings. The van der Waals surface area contributed by atoms with Gasteiger partial charge in [0.2, 0.25) is 5.78 Å². The number of fused-ring (bicyclic) bond motifs is 3. The first-order chi connectivity index (χ1) is 11.6. The van der Waals surface area contributed by atoms with Gasteiger partial charge in [0.15, 0.2) is 6.10 Å². The number of aliphatic hydroxyl groups excluding tert-OH is 1. The number of hydrogen-bond donors (Lipinski definition) is 3. The second kappa shape index (κ2) is 5.21. The van der Waals surface area contributed by atoms with Crippen LogP contribution in [0.25, 0.3) is 28.1 Å². The highest BCUT2D eigenvalue weighted by atomic mass is 16.4. The van der Waals surface area contributed by atoms with Crippen molar-refractivity contribution in [1.29, 1.82) is 0 Å². The molecule has 3 N–H and O–H groups in total. The number of aliphatic carboxylic acids is 1. The molecule has 120 valence electrons.